The molecule has 126 valence electrons. The van der Waals surface area contributed by atoms with E-state index in [4.69, 9.17) is 5.73 Å². The Kier molecular flexibility index (Phi) is 3.80. The van der Waals surface area contributed by atoms with Gasteiger partial charge in [0.1, 0.15) is 12.0 Å². The van der Waals surface area contributed by atoms with Crippen molar-refractivity contribution in [1.82, 2.24) is 14.7 Å². The van der Waals surface area contributed by atoms with Gasteiger partial charge in [0.05, 0.1) is 5.25 Å². The van der Waals surface area contributed by atoms with Crippen molar-refractivity contribution in [2.24, 2.45) is 10.4 Å². The van der Waals surface area contributed by atoms with Gasteiger partial charge in [0.15, 0.2) is 11.6 Å². The Morgan fingerprint density at radius 1 is 1.39 bits per heavy atom. The van der Waals surface area contributed by atoms with Gasteiger partial charge in [-0.05, 0) is 44.9 Å². The summed E-state index contributed by atoms with van der Waals surface area (Å²) in [5.41, 5.74) is 6.48. The van der Waals surface area contributed by atoms with E-state index >= 15 is 0 Å². The van der Waals surface area contributed by atoms with Crippen LogP contribution in [0.4, 0.5) is 17.3 Å². The molecule has 0 atom stereocenters. The van der Waals surface area contributed by atoms with E-state index in [1.807, 2.05) is 11.9 Å². The number of nitrogens with one attached hydrogen (secondary N) is 1. The molecule has 9 heteroatoms. The molecule has 0 amide bonds. The Bertz CT molecular complexity index is 721. The normalized spacial score (nSPS) is 29.7. The fourth-order valence-corrected chi connectivity index (χ4v) is 5.28. The van der Waals surface area contributed by atoms with Crippen LogP contribution < -0.4 is 15.4 Å². The summed E-state index contributed by atoms with van der Waals surface area (Å²) in [7, 11) is 0.287. The summed E-state index contributed by atoms with van der Waals surface area (Å²) in [5.74, 6) is 0.987. The molecule has 3 N–H and O–H groups in total. The molecule has 0 radical (unpaired) electrons. The van der Waals surface area contributed by atoms with Crippen LogP contribution in [0.3, 0.4) is 0 Å². The van der Waals surface area contributed by atoms with Gasteiger partial charge in [-0.25, -0.2) is 23.1 Å². The van der Waals surface area contributed by atoms with Gasteiger partial charge < -0.3 is 10.6 Å². The number of aliphatic imine (C=N–C) groups is 1. The van der Waals surface area contributed by atoms with Crippen molar-refractivity contribution >= 4 is 34.1 Å². The third-order valence-electron chi connectivity index (χ3n) is 5.25. The molecule has 1 aromatic rings. The second kappa shape index (κ2) is 5.41. The largest absolute Gasteiger partial charge is 0.382 e. The average molecular weight is 338 g/mol. The lowest BCUT2D eigenvalue weighted by molar-refractivity contribution is 0.0135. The third-order valence-corrected chi connectivity index (χ3v) is 7.03. The molecule has 0 aliphatic heterocycles. The molecule has 0 unspecified atom stereocenters. The summed E-state index contributed by atoms with van der Waals surface area (Å²) in [6.07, 6.45) is 4.81. The van der Waals surface area contributed by atoms with E-state index in [0.717, 1.165) is 25.7 Å². The van der Waals surface area contributed by atoms with Gasteiger partial charge in [-0.3, -0.25) is 4.99 Å². The van der Waals surface area contributed by atoms with Crippen molar-refractivity contribution < 1.29 is 8.42 Å². The van der Waals surface area contributed by atoms with Crippen molar-refractivity contribution in [3.05, 3.63) is 6.33 Å². The summed E-state index contributed by atoms with van der Waals surface area (Å²) in [6.45, 7) is 3.53. The molecule has 0 aromatic carbocycles. The number of aromatic nitrogens is 2. The van der Waals surface area contributed by atoms with Gasteiger partial charge >= 0.3 is 0 Å². The molecule has 2 fully saturated rings. The average Bonchev–Trinajstić information content (AvgIpc) is 2.43. The van der Waals surface area contributed by atoms with Crippen molar-refractivity contribution in [1.29, 1.82) is 0 Å². The molecule has 1 aromatic heterocycles. The molecule has 2 aliphatic rings. The van der Waals surface area contributed by atoms with Gasteiger partial charge in [-0.2, -0.15) is 0 Å². The van der Waals surface area contributed by atoms with Crippen molar-refractivity contribution in [3.8, 4) is 0 Å². The minimum atomic E-state index is -3.14. The topological polar surface area (TPSA) is 114 Å². The van der Waals surface area contributed by atoms with Crippen LogP contribution in [0, 0.1) is 5.41 Å². The number of nitrogens with zero attached hydrogens (tertiary/aromatic N) is 4. The maximum Gasteiger partial charge on any atom is 0.214 e. The van der Waals surface area contributed by atoms with Gasteiger partial charge in [0.2, 0.25) is 10.0 Å². The fourth-order valence-electron chi connectivity index (χ4n) is 3.80. The smallest absolute Gasteiger partial charge is 0.214 e. The monoisotopic (exact) mass is 338 g/mol. The van der Waals surface area contributed by atoms with E-state index in [9.17, 15) is 8.42 Å². The first-order valence-electron chi connectivity index (χ1n) is 7.54. The summed E-state index contributed by atoms with van der Waals surface area (Å²) >= 11 is 0. The highest BCUT2D eigenvalue weighted by atomic mass is 32.2. The lowest BCUT2D eigenvalue weighted by Gasteiger charge is -2.59. The Hall–Kier alpha value is -1.74. The van der Waals surface area contributed by atoms with Gasteiger partial charge in [0, 0.05) is 13.1 Å². The van der Waals surface area contributed by atoms with Crippen LogP contribution in [0.5, 0.6) is 0 Å². The van der Waals surface area contributed by atoms with Crippen LogP contribution in [0.1, 0.15) is 25.7 Å². The van der Waals surface area contributed by atoms with E-state index in [1.54, 1.807) is 0 Å². The van der Waals surface area contributed by atoms with Crippen molar-refractivity contribution in [2.75, 3.05) is 24.7 Å². The Balaban J connectivity index is 1.65. The maximum absolute atomic E-state index is 11.8. The number of hydrogen-bond donors (Lipinski definition) is 2. The predicted octanol–water partition coefficient (Wildman–Crippen LogP) is 0.687. The standard InChI is InChI=1S/C14H22N6O2S/c1-16-11-12(15)18-8-19-13(11)20(3)9-4-14(5-9)6-10(7-14)23(21,22)17-2/h8-10,17H,1,4-7H2,2-3H3,(H2,15,18,19). The number of sulfonamides is 1. The van der Waals surface area contributed by atoms with E-state index in [2.05, 4.69) is 26.4 Å². The first-order chi connectivity index (χ1) is 10.8. The molecule has 2 saturated carbocycles. The Morgan fingerprint density at radius 2 is 2.04 bits per heavy atom. The predicted molar refractivity (Wildman–Crippen MR) is 90.5 cm³/mol. The van der Waals surface area contributed by atoms with E-state index in [0.29, 0.717) is 23.4 Å². The Labute approximate surface area is 136 Å². The summed E-state index contributed by atoms with van der Waals surface area (Å²) < 4.78 is 26.0. The van der Waals surface area contributed by atoms with E-state index in [-0.39, 0.29) is 10.7 Å². The molecule has 2 aliphatic carbocycles. The van der Waals surface area contributed by atoms with Crippen LogP contribution in [0.25, 0.3) is 0 Å². The van der Waals surface area contributed by atoms with Crippen LogP contribution in [-0.2, 0) is 10.0 Å². The Morgan fingerprint density at radius 3 is 2.61 bits per heavy atom. The minimum Gasteiger partial charge on any atom is -0.382 e. The molecular weight excluding hydrogens is 316 g/mol. The highest BCUT2D eigenvalue weighted by Crippen LogP contribution is 2.59. The first-order valence-corrected chi connectivity index (χ1v) is 9.09. The highest BCUT2D eigenvalue weighted by Gasteiger charge is 2.57. The quantitative estimate of drug-likeness (QED) is 0.764. The van der Waals surface area contributed by atoms with Crippen LogP contribution in [0.2, 0.25) is 0 Å². The number of nitrogens with two attached hydrogens (primary N) is 1. The lowest BCUT2D eigenvalue weighted by Crippen LogP contribution is -2.59. The van der Waals surface area contributed by atoms with Crippen molar-refractivity contribution in [3.63, 3.8) is 0 Å². The minimum absolute atomic E-state index is 0.161. The van der Waals surface area contributed by atoms with E-state index < -0.39 is 10.0 Å². The van der Waals surface area contributed by atoms with Crippen molar-refractivity contribution in [2.45, 2.75) is 37.0 Å². The number of nitrogen functional groups attached to an aromatic ring is 1. The molecule has 1 spiro atoms. The first kappa shape index (κ1) is 16.1. The summed E-state index contributed by atoms with van der Waals surface area (Å²) in [4.78, 5) is 14.2. The number of rotatable bonds is 5. The highest BCUT2D eigenvalue weighted by molar-refractivity contribution is 7.90. The molecular formula is C14H22N6O2S. The van der Waals surface area contributed by atoms with Crippen LogP contribution >= 0.6 is 0 Å². The second-order valence-electron chi connectivity index (χ2n) is 6.54. The molecule has 1 heterocycles. The lowest BCUT2D eigenvalue weighted by atomic mass is 9.53. The second-order valence-corrected chi connectivity index (χ2v) is 8.71. The molecule has 23 heavy (non-hydrogen) atoms. The van der Waals surface area contributed by atoms with Crippen LogP contribution in [-0.4, -0.2) is 50.5 Å². The molecule has 8 nitrogen and oxygen atoms in total. The fraction of sp³-hybridized carbons (Fsp3) is 0.643. The SMILES string of the molecule is C=Nc1c(N)ncnc1N(C)C1CC2(C1)CC(S(=O)(=O)NC)C2. The summed E-state index contributed by atoms with van der Waals surface area (Å²) in [5, 5.41) is -0.251. The maximum atomic E-state index is 11.8. The zero-order valence-electron chi connectivity index (χ0n) is 13.4. The molecule has 0 bridgehead atoms. The number of anilines is 2. The zero-order chi connectivity index (χ0) is 16.8. The molecule has 0 saturated heterocycles. The molecule has 3 rings (SSSR count). The third kappa shape index (κ3) is 2.57. The summed E-state index contributed by atoms with van der Waals surface area (Å²) in [6, 6.07) is 0.308. The number of hydrogen-bond acceptors (Lipinski definition) is 7. The van der Waals surface area contributed by atoms with Gasteiger partial charge in [-0.15, -0.1) is 0 Å². The zero-order valence-corrected chi connectivity index (χ0v) is 14.2. The van der Waals surface area contributed by atoms with Gasteiger partial charge in [0.25, 0.3) is 0 Å². The van der Waals surface area contributed by atoms with Crippen LogP contribution in [0.15, 0.2) is 11.3 Å². The van der Waals surface area contributed by atoms with Gasteiger partial charge in [-0.1, -0.05) is 0 Å². The van der Waals surface area contributed by atoms with E-state index in [1.165, 1.54) is 13.4 Å².